The van der Waals surface area contributed by atoms with E-state index in [-0.39, 0.29) is 17.6 Å². The van der Waals surface area contributed by atoms with Gasteiger partial charge < -0.3 is 10.2 Å². The van der Waals surface area contributed by atoms with Crippen LogP contribution in [0, 0.1) is 6.92 Å². The van der Waals surface area contributed by atoms with E-state index in [9.17, 15) is 10.2 Å². The lowest BCUT2D eigenvalue weighted by molar-refractivity contribution is 0.0974. The van der Waals surface area contributed by atoms with Gasteiger partial charge in [0, 0.05) is 24.2 Å². The van der Waals surface area contributed by atoms with Crippen molar-refractivity contribution in [3.05, 3.63) is 28.8 Å². The number of aryl methyl sites for hydroxylation is 1. The number of aromatic hydroxyl groups is 1. The molecule has 0 aliphatic rings. The first-order chi connectivity index (χ1) is 9.46. The average Bonchev–Trinajstić information content (AvgIpc) is 2.30. The fraction of sp³-hybridized carbons (Fsp3) is 0.667. The Kier molecular flexibility index (Phi) is 5.46. The van der Waals surface area contributed by atoms with E-state index in [0.717, 1.165) is 16.7 Å². The van der Waals surface area contributed by atoms with Gasteiger partial charge in [0.25, 0.3) is 0 Å². The monoisotopic (exact) mass is 293 g/mol. The van der Waals surface area contributed by atoms with Crippen LogP contribution < -0.4 is 0 Å². The van der Waals surface area contributed by atoms with Crippen molar-refractivity contribution in [3.8, 4) is 5.75 Å². The fourth-order valence-corrected chi connectivity index (χ4v) is 2.52. The summed E-state index contributed by atoms with van der Waals surface area (Å²) in [4.78, 5) is 2.19. The minimum Gasteiger partial charge on any atom is -0.507 e. The molecule has 0 radical (unpaired) electrons. The molecule has 21 heavy (non-hydrogen) atoms. The van der Waals surface area contributed by atoms with Crippen molar-refractivity contribution in [2.24, 2.45) is 0 Å². The minimum atomic E-state index is -0.0889. The number of nitrogens with zero attached hydrogens (tertiary/aromatic N) is 1. The van der Waals surface area contributed by atoms with Gasteiger partial charge in [-0.2, -0.15) is 0 Å². The van der Waals surface area contributed by atoms with Gasteiger partial charge >= 0.3 is 0 Å². The summed E-state index contributed by atoms with van der Waals surface area (Å²) in [6, 6.07) is 4.10. The molecule has 0 spiro atoms. The van der Waals surface area contributed by atoms with E-state index in [1.807, 2.05) is 6.07 Å². The first-order valence-electron chi connectivity index (χ1n) is 7.65. The summed E-state index contributed by atoms with van der Waals surface area (Å²) in [5.41, 5.74) is 2.93. The molecule has 0 aliphatic heterocycles. The predicted molar refractivity (Wildman–Crippen MR) is 88.8 cm³/mol. The Bertz CT molecular complexity index is 481. The van der Waals surface area contributed by atoms with E-state index in [0.29, 0.717) is 18.8 Å². The van der Waals surface area contributed by atoms with Gasteiger partial charge in [-0.05, 0) is 38.7 Å². The molecule has 1 rings (SSSR count). The Labute approximate surface area is 129 Å². The van der Waals surface area contributed by atoms with E-state index >= 15 is 0 Å². The van der Waals surface area contributed by atoms with E-state index in [1.54, 1.807) is 0 Å². The van der Waals surface area contributed by atoms with Crippen LogP contribution in [-0.4, -0.2) is 33.8 Å². The molecule has 3 nitrogen and oxygen atoms in total. The van der Waals surface area contributed by atoms with Gasteiger partial charge in [0.1, 0.15) is 5.75 Å². The third-order valence-corrected chi connectivity index (χ3v) is 3.82. The van der Waals surface area contributed by atoms with Crippen LogP contribution in [0.4, 0.5) is 0 Å². The second-order valence-electron chi connectivity index (χ2n) is 7.89. The molecule has 1 aromatic carbocycles. The predicted octanol–water partition coefficient (Wildman–Crippen LogP) is 3.59. The highest BCUT2D eigenvalue weighted by Crippen LogP contribution is 2.35. The van der Waals surface area contributed by atoms with Crippen LogP contribution in [0.3, 0.4) is 0 Å². The lowest BCUT2D eigenvalue weighted by Gasteiger charge is -2.36. The summed E-state index contributed by atoms with van der Waals surface area (Å²) >= 11 is 0. The number of phenolic OH excluding ortho intramolecular Hbond substituents is 1. The molecule has 0 saturated heterocycles. The maximum atomic E-state index is 10.6. The molecule has 0 aliphatic carbocycles. The van der Waals surface area contributed by atoms with Crippen LogP contribution in [0.2, 0.25) is 0 Å². The maximum Gasteiger partial charge on any atom is 0.123 e. The summed E-state index contributed by atoms with van der Waals surface area (Å²) in [5, 5.41) is 19.9. The van der Waals surface area contributed by atoms with Gasteiger partial charge in [0.2, 0.25) is 0 Å². The SMILES string of the molecule is Cc1cc(CN(CCO)C(C)(C)C)c(O)c(C(C)(C)C)c1. The van der Waals surface area contributed by atoms with E-state index in [4.69, 9.17) is 0 Å². The van der Waals surface area contributed by atoms with Crippen molar-refractivity contribution in [1.29, 1.82) is 0 Å². The van der Waals surface area contributed by atoms with Crippen molar-refractivity contribution in [2.45, 2.75) is 66.0 Å². The number of aliphatic hydroxyl groups excluding tert-OH is 1. The quantitative estimate of drug-likeness (QED) is 0.891. The van der Waals surface area contributed by atoms with Crippen LogP contribution in [0.15, 0.2) is 12.1 Å². The Morgan fingerprint density at radius 3 is 2.05 bits per heavy atom. The zero-order valence-electron chi connectivity index (χ0n) is 14.6. The number of aliphatic hydroxyl groups is 1. The zero-order chi connectivity index (χ0) is 16.4. The van der Waals surface area contributed by atoms with E-state index in [2.05, 4.69) is 59.4 Å². The molecule has 120 valence electrons. The van der Waals surface area contributed by atoms with Crippen LogP contribution in [0.1, 0.15) is 58.2 Å². The van der Waals surface area contributed by atoms with Crippen molar-refractivity contribution < 1.29 is 10.2 Å². The summed E-state index contributed by atoms with van der Waals surface area (Å²) in [6.45, 7) is 16.1. The van der Waals surface area contributed by atoms with Crippen molar-refractivity contribution >= 4 is 0 Å². The summed E-state index contributed by atoms with van der Waals surface area (Å²) in [5.74, 6) is 0.389. The normalized spacial score (nSPS) is 13.0. The van der Waals surface area contributed by atoms with Crippen LogP contribution in [0.25, 0.3) is 0 Å². The molecule has 0 fully saturated rings. The van der Waals surface area contributed by atoms with Gasteiger partial charge in [-0.3, -0.25) is 4.90 Å². The van der Waals surface area contributed by atoms with Crippen molar-refractivity contribution in [1.82, 2.24) is 4.90 Å². The minimum absolute atomic E-state index is 0.0547. The number of β-amino-alcohol motifs (C(OH)–C–C–N with tert-alkyl or cyclic N) is 1. The molecule has 3 heteroatoms. The first-order valence-corrected chi connectivity index (χ1v) is 7.65. The third kappa shape index (κ3) is 4.72. The van der Waals surface area contributed by atoms with Gasteiger partial charge in [0.15, 0.2) is 0 Å². The first kappa shape index (κ1) is 18.0. The standard InChI is InChI=1S/C18H31NO2/c1-13-10-14(12-19(8-9-20)18(5,6)7)16(21)15(11-13)17(2,3)4/h10-11,20-21H,8-9,12H2,1-7H3. The molecule has 0 heterocycles. The highest BCUT2D eigenvalue weighted by atomic mass is 16.3. The maximum absolute atomic E-state index is 10.6. The lowest BCUT2D eigenvalue weighted by Crippen LogP contribution is -2.42. The lowest BCUT2D eigenvalue weighted by atomic mass is 9.84. The molecule has 0 saturated carbocycles. The van der Waals surface area contributed by atoms with Crippen molar-refractivity contribution in [3.63, 3.8) is 0 Å². The summed E-state index contributed by atoms with van der Waals surface area (Å²) in [6.07, 6.45) is 0. The number of hydrogen-bond donors (Lipinski definition) is 2. The van der Waals surface area contributed by atoms with E-state index in [1.165, 1.54) is 0 Å². The number of phenols is 1. The molecular weight excluding hydrogens is 262 g/mol. The van der Waals surface area contributed by atoms with Gasteiger partial charge in [-0.1, -0.05) is 38.5 Å². The van der Waals surface area contributed by atoms with Crippen LogP contribution in [-0.2, 0) is 12.0 Å². The highest BCUT2D eigenvalue weighted by molar-refractivity contribution is 5.46. The molecule has 0 unspecified atom stereocenters. The number of rotatable bonds is 4. The zero-order valence-corrected chi connectivity index (χ0v) is 14.6. The summed E-state index contributed by atoms with van der Waals surface area (Å²) in [7, 11) is 0. The third-order valence-electron chi connectivity index (χ3n) is 3.82. The molecule has 2 N–H and O–H groups in total. The Hall–Kier alpha value is -1.06. The molecular formula is C18H31NO2. The Morgan fingerprint density at radius 1 is 1.05 bits per heavy atom. The second-order valence-corrected chi connectivity index (χ2v) is 7.89. The fourth-order valence-electron chi connectivity index (χ4n) is 2.52. The molecule has 1 aromatic rings. The van der Waals surface area contributed by atoms with Gasteiger partial charge in [-0.25, -0.2) is 0 Å². The highest BCUT2D eigenvalue weighted by Gasteiger charge is 2.25. The Morgan fingerprint density at radius 2 is 1.62 bits per heavy atom. The summed E-state index contributed by atoms with van der Waals surface area (Å²) < 4.78 is 0. The molecule has 0 bridgehead atoms. The van der Waals surface area contributed by atoms with Crippen LogP contribution >= 0.6 is 0 Å². The second kappa shape index (κ2) is 6.37. The topological polar surface area (TPSA) is 43.7 Å². The van der Waals surface area contributed by atoms with Crippen molar-refractivity contribution in [2.75, 3.05) is 13.2 Å². The van der Waals surface area contributed by atoms with Gasteiger partial charge in [0.05, 0.1) is 6.61 Å². The largest absolute Gasteiger partial charge is 0.507 e. The Balaban J connectivity index is 3.22. The molecule has 0 amide bonds. The van der Waals surface area contributed by atoms with Crippen LogP contribution in [0.5, 0.6) is 5.75 Å². The molecule has 0 aromatic heterocycles. The number of hydrogen-bond acceptors (Lipinski definition) is 3. The molecule has 0 atom stereocenters. The van der Waals surface area contributed by atoms with Gasteiger partial charge in [-0.15, -0.1) is 0 Å². The smallest absolute Gasteiger partial charge is 0.123 e. The van der Waals surface area contributed by atoms with E-state index < -0.39 is 0 Å². The average molecular weight is 293 g/mol. The number of benzene rings is 1.